The van der Waals surface area contributed by atoms with Crippen LogP contribution in [0.15, 0.2) is 30.3 Å². The van der Waals surface area contributed by atoms with Gasteiger partial charge in [-0.3, -0.25) is 9.36 Å². The second-order valence-electron chi connectivity index (χ2n) is 8.59. The molecular weight excluding hydrogens is 547 g/mol. The number of hydrogen-bond donors (Lipinski definition) is 0. The fourth-order valence-corrected chi connectivity index (χ4v) is 6.07. The van der Waals surface area contributed by atoms with Crippen LogP contribution in [0.1, 0.15) is 53.5 Å². The Morgan fingerprint density at radius 3 is 2.39 bits per heavy atom. The molecule has 0 fully saturated rings. The van der Waals surface area contributed by atoms with E-state index in [9.17, 15) is 18.0 Å². The molecule has 2 aromatic carbocycles. The van der Waals surface area contributed by atoms with Crippen LogP contribution in [0.5, 0.6) is 17.2 Å². The smallest absolute Gasteiger partial charge is 0.452 e. The van der Waals surface area contributed by atoms with Crippen LogP contribution < -0.4 is 14.2 Å². The van der Waals surface area contributed by atoms with Crippen molar-refractivity contribution in [1.82, 2.24) is 14.8 Å². The van der Waals surface area contributed by atoms with E-state index in [1.54, 1.807) is 38.1 Å². The zero-order valence-electron chi connectivity index (χ0n) is 21.1. The Kier molecular flexibility index (Phi) is 8.03. The third-order valence-electron chi connectivity index (χ3n) is 5.76. The Morgan fingerprint density at radius 1 is 1.08 bits per heavy atom. The minimum atomic E-state index is -4.85. The molecule has 0 bridgehead atoms. The van der Waals surface area contributed by atoms with Crippen LogP contribution >= 0.6 is 23.4 Å². The summed E-state index contributed by atoms with van der Waals surface area (Å²) < 4.78 is 65.5. The predicted octanol–water partition coefficient (Wildman–Crippen LogP) is 6.18. The first-order valence-electron chi connectivity index (χ1n) is 11.5. The zero-order chi connectivity index (χ0) is 27.8. The van der Waals surface area contributed by atoms with Crippen LogP contribution in [0.3, 0.4) is 0 Å². The molecule has 2 atom stereocenters. The van der Waals surface area contributed by atoms with Crippen molar-refractivity contribution < 1.29 is 36.9 Å². The predicted molar refractivity (Wildman–Crippen MR) is 135 cm³/mol. The highest BCUT2D eigenvalue weighted by Gasteiger charge is 2.45. The molecule has 13 heteroatoms. The summed E-state index contributed by atoms with van der Waals surface area (Å²) in [5.74, 6) is -1.03. The fraction of sp³-hybridized carbons (Fsp3) is 0.400. The maximum atomic E-state index is 14.2. The largest absolute Gasteiger partial charge is 0.494 e. The first kappa shape index (κ1) is 27.9. The standard InChI is InChI=1S/C25H25ClF3N3O5S/c1-12(2)37-19(33)11-18-23-30-31-24(25(27,28)29)32(23)20-15(9-13(26)10-17(20)35-4)22(38-18)14-7-6-8-16(34-3)21(14)36-5/h6-10,12,18,22H,11H2,1-5H3/t18-,22-/m0/s1. The number of thioether (sulfide) groups is 1. The minimum Gasteiger partial charge on any atom is -0.494 e. The van der Waals surface area contributed by atoms with Crippen molar-refractivity contribution in [2.45, 2.75) is 43.0 Å². The van der Waals surface area contributed by atoms with E-state index in [-0.39, 0.29) is 28.7 Å². The van der Waals surface area contributed by atoms with Crippen LogP contribution in [0, 0.1) is 0 Å². The van der Waals surface area contributed by atoms with E-state index in [0.717, 1.165) is 4.57 Å². The molecule has 0 unspecified atom stereocenters. The number of esters is 1. The van der Waals surface area contributed by atoms with Gasteiger partial charge in [-0.15, -0.1) is 22.0 Å². The summed E-state index contributed by atoms with van der Waals surface area (Å²) >= 11 is 7.63. The van der Waals surface area contributed by atoms with E-state index in [1.807, 2.05) is 0 Å². The van der Waals surface area contributed by atoms with E-state index in [4.69, 9.17) is 30.5 Å². The van der Waals surface area contributed by atoms with Crippen molar-refractivity contribution in [3.63, 3.8) is 0 Å². The van der Waals surface area contributed by atoms with Gasteiger partial charge < -0.3 is 18.9 Å². The number of alkyl halides is 3. The van der Waals surface area contributed by atoms with Gasteiger partial charge in [0.1, 0.15) is 5.75 Å². The lowest BCUT2D eigenvalue weighted by Gasteiger charge is -2.24. The first-order chi connectivity index (χ1) is 18.0. The summed E-state index contributed by atoms with van der Waals surface area (Å²) in [5.41, 5.74) is 1.04. The van der Waals surface area contributed by atoms with Crippen molar-refractivity contribution in [3.8, 4) is 22.9 Å². The SMILES string of the molecule is COc1cccc([C@@H]2S[C@@H](CC(=O)OC(C)C)c3nnc(C(F)(F)F)n3-c3c(OC)cc(Cl)cc32)c1OC. The second kappa shape index (κ2) is 10.9. The molecule has 0 N–H and O–H groups in total. The van der Waals surface area contributed by atoms with E-state index >= 15 is 0 Å². The number of methoxy groups -OCH3 is 3. The Hall–Kier alpha value is -3.12. The molecule has 204 valence electrons. The van der Waals surface area contributed by atoms with Crippen LogP contribution in [0.25, 0.3) is 5.69 Å². The van der Waals surface area contributed by atoms with E-state index in [2.05, 4.69) is 10.2 Å². The zero-order valence-corrected chi connectivity index (χ0v) is 22.7. The Morgan fingerprint density at radius 2 is 1.79 bits per heavy atom. The Bertz CT molecular complexity index is 1350. The molecule has 4 rings (SSSR count). The number of para-hydroxylation sites is 1. The molecule has 1 aromatic heterocycles. The number of aromatic nitrogens is 3. The van der Waals surface area contributed by atoms with Crippen LogP contribution in [-0.2, 0) is 15.7 Å². The number of hydrogen-bond acceptors (Lipinski definition) is 8. The number of nitrogens with zero attached hydrogens (tertiary/aromatic N) is 3. The third-order valence-corrected chi connectivity index (χ3v) is 7.46. The van der Waals surface area contributed by atoms with Gasteiger partial charge in [-0.05, 0) is 31.5 Å². The maximum Gasteiger partial charge on any atom is 0.452 e. The Balaban J connectivity index is 2.05. The molecular formula is C25H25ClF3N3O5S. The summed E-state index contributed by atoms with van der Waals surface area (Å²) in [6.07, 6.45) is -5.52. The van der Waals surface area contributed by atoms with Gasteiger partial charge in [0.2, 0.25) is 5.82 Å². The molecule has 0 saturated carbocycles. The van der Waals surface area contributed by atoms with Crippen molar-refractivity contribution in [2.24, 2.45) is 0 Å². The van der Waals surface area contributed by atoms with Crippen LogP contribution in [0.2, 0.25) is 5.02 Å². The van der Waals surface area contributed by atoms with E-state index < -0.39 is 34.6 Å². The highest BCUT2D eigenvalue weighted by Crippen LogP contribution is 2.56. The number of halogens is 4. The molecule has 1 aliphatic rings. The summed E-state index contributed by atoms with van der Waals surface area (Å²) in [6.45, 7) is 3.38. The van der Waals surface area contributed by atoms with E-state index in [1.165, 1.54) is 39.2 Å². The normalized spacial score (nSPS) is 16.9. The highest BCUT2D eigenvalue weighted by atomic mass is 35.5. The number of carbonyl (C=O) groups is 1. The number of fused-ring (bicyclic) bond motifs is 3. The summed E-state index contributed by atoms with van der Waals surface area (Å²) in [4.78, 5) is 12.8. The quantitative estimate of drug-likeness (QED) is 0.311. The monoisotopic (exact) mass is 571 g/mol. The second-order valence-corrected chi connectivity index (χ2v) is 10.3. The molecule has 0 radical (unpaired) electrons. The maximum absolute atomic E-state index is 14.2. The molecule has 0 aliphatic carbocycles. The van der Waals surface area contributed by atoms with Gasteiger partial charge >= 0.3 is 12.1 Å². The van der Waals surface area contributed by atoms with Gasteiger partial charge in [0, 0.05) is 16.7 Å². The summed E-state index contributed by atoms with van der Waals surface area (Å²) in [7, 11) is 4.29. The lowest BCUT2D eigenvalue weighted by atomic mass is 10.00. The minimum absolute atomic E-state index is 0.0614. The molecule has 0 saturated heterocycles. The van der Waals surface area contributed by atoms with Crippen molar-refractivity contribution in [3.05, 3.63) is 58.1 Å². The number of benzene rings is 2. The third kappa shape index (κ3) is 5.24. The molecule has 2 heterocycles. The average molecular weight is 572 g/mol. The number of ether oxygens (including phenoxy) is 4. The van der Waals surface area contributed by atoms with Gasteiger partial charge in [0.05, 0.1) is 50.0 Å². The van der Waals surface area contributed by atoms with Gasteiger partial charge in [0.25, 0.3) is 0 Å². The van der Waals surface area contributed by atoms with Gasteiger partial charge in [0.15, 0.2) is 17.3 Å². The topological polar surface area (TPSA) is 84.7 Å². The van der Waals surface area contributed by atoms with Gasteiger partial charge in [-0.25, -0.2) is 0 Å². The van der Waals surface area contributed by atoms with Gasteiger partial charge in [-0.2, -0.15) is 13.2 Å². The number of carbonyl (C=O) groups excluding carboxylic acids is 1. The molecule has 0 spiro atoms. The molecule has 1 aliphatic heterocycles. The van der Waals surface area contributed by atoms with Crippen LogP contribution in [-0.4, -0.2) is 48.2 Å². The highest BCUT2D eigenvalue weighted by molar-refractivity contribution is 8.00. The lowest BCUT2D eigenvalue weighted by molar-refractivity contribution is -0.147. The number of rotatable bonds is 7. The lowest BCUT2D eigenvalue weighted by Crippen LogP contribution is -2.18. The fourth-order valence-electron chi connectivity index (χ4n) is 4.36. The summed E-state index contributed by atoms with van der Waals surface area (Å²) in [6, 6.07) is 8.21. The molecule has 8 nitrogen and oxygen atoms in total. The van der Waals surface area contributed by atoms with Crippen molar-refractivity contribution in [2.75, 3.05) is 21.3 Å². The van der Waals surface area contributed by atoms with Crippen molar-refractivity contribution >= 4 is 29.3 Å². The van der Waals surface area contributed by atoms with Crippen LogP contribution in [0.4, 0.5) is 13.2 Å². The summed E-state index contributed by atoms with van der Waals surface area (Å²) in [5, 5.41) is 6.07. The van der Waals surface area contributed by atoms with Gasteiger partial charge in [-0.1, -0.05) is 23.7 Å². The molecule has 38 heavy (non-hydrogen) atoms. The van der Waals surface area contributed by atoms with Crippen molar-refractivity contribution in [1.29, 1.82) is 0 Å². The first-order valence-corrected chi connectivity index (χ1v) is 12.8. The van der Waals surface area contributed by atoms with E-state index in [0.29, 0.717) is 22.6 Å². The average Bonchev–Trinajstić information content (AvgIpc) is 3.25. The molecule has 3 aromatic rings. The Labute approximate surface area is 226 Å². The molecule has 0 amide bonds.